The molecule has 0 spiro atoms. The molecule has 1 N–H and O–H groups in total. The van der Waals surface area contributed by atoms with Crippen LogP contribution < -0.4 is 19.5 Å². The number of alkyl halides is 3. The van der Waals surface area contributed by atoms with Gasteiger partial charge in [0.1, 0.15) is 5.82 Å². The van der Waals surface area contributed by atoms with Crippen molar-refractivity contribution >= 4 is 17.8 Å². The highest BCUT2D eigenvalue weighted by atomic mass is 19.4. The van der Waals surface area contributed by atoms with Crippen molar-refractivity contribution in [1.29, 1.82) is 0 Å². The minimum atomic E-state index is -5.32. The number of esters is 2. The van der Waals surface area contributed by atoms with E-state index in [1.54, 1.807) is 12.1 Å². The molecule has 0 bridgehead atoms. The Bertz CT molecular complexity index is 1390. The maximum Gasteiger partial charge on any atom is 0.491 e. The average molecular weight is 593 g/mol. The number of pyridine rings is 1. The largest absolute Gasteiger partial charge is 0.493 e. The van der Waals surface area contributed by atoms with Gasteiger partial charge in [-0.2, -0.15) is 18.2 Å². The van der Waals surface area contributed by atoms with Crippen molar-refractivity contribution in [2.45, 2.75) is 57.0 Å². The molecular formula is C28H31F3N4O7. The summed E-state index contributed by atoms with van der Waals surface area (Å²) in [4.78, 5) is 32.7. The number of aryl methyl sites for hydroxylation is 3. The fourth-order valence-corrected chi connectivity index (χ4v) is 4.67. The lowest BCUT2D eigenvalue weighted by molar-refractivity contribution is -0.202. The van der Waals surface area contributed by atoms with E-state index in [-0.39, 0.29) is 29.6 Å². The molecule has 0 aliphatic carbocycles. The van der Waals surface area contributed by atoms with Gasteiger partial charge in [0, 0.05) is 31.0 Å². The number of carbonyl (C=O) groups is 2. The number of nitrogens with one attached hydrogen (secondary N) is 1. The van der Waals surface area contributed by atoms with E-state index >= 15 is 0 Å². The zero-order valence-electron chi connectivity index (χ0n) is 23.4. The molecule has 1 atom stereocenters. The number of ether oxygens (including phenoxy) is 4. The summed E-state index contributed by atoms with van der Waals surface area (Å²) in [7, 11) is 4.20. The topological polar surface area (TPSA) is 135 Å². The maximum absolute atomic E-state index is 12.7. The van der Waals surface area contributed by atoms with Gasteiger partial charge in [-0.15, -0.1) is 0 Å². The molecule has 4 rings (SSSR count). The highest BCUT2D eigenvalue weighted by molar-refractivity contribution is 5.88. The summed E-state index contributed by atoms with van der Waals surface area (Å²) < 4.78 is 63.5. The second-order valence-electron chi connectivity index (χ2n) is 9.62. The van der Waals surface area contributed by atoms with Gasteiger partial charge in [0.15, 0.2) is 17.3 Å². The Labute approximate surface area is 239 Å². The normalized spacial score (nSPS) is 13.5. The molecule has 2 aromatic heterocycles. The van der Waals surface area contributed by atoms with Gasteiger partial charge in [-0.1, -0.05) is 11.2 Å². The number of benzene rings is 1. The second-order valence-corrected chi connectivity index (χ2v) is 9.62. The number of fused-ring (bicyclic) bond motifs is 1. The molecule has 42 heavy (non-hydrogen) atoms. The molecule has 1 aromatic carbocycles. The van der Waals surface area contributed by atoms with Gasteiger partial charge in [-0.3, -0.25) is 4.79 Å². The second kappa shape index (κ2) is 13.5. The summed E-state index contributed by atoms with van der Waals surface area (Å²) in [5, 5.41) is 7.33. The first-order chi connectivity index (χ1) is 20.1. The van der Waals surface area contributed by atoms with Crippen molar-refractivity contribution in [1.82, 2.24) is 15.1 Å². The predicted molar refractivity (Wildman–Crippen MR) is 142 cm³/mol. The van der Waals surface area contributed by atoms with E-state index in [2.05, 4.69) is 31.2 Å². The number of hydrogen-bond donors (Lipinski definition) is 1. The van der Waals surface area contributed by atoms with E-state index in [1.165, 1.54) is 26.9 Å². The molecule has 1 aliphatic rings. The molecule has 0 radical (unpaired) electrons. The minimum absolute atomic E-state index is 0.0427. The predicted octanol–water partition coefficient (Wildman–Crippen LogP) is 4.37. The van der Waals surface area contributed by atoms with Crippen molar-refractivity contribution < 1.29 is 46.2 Å². The summed E-state index contributed by atoms with van der Waals surface area (Å²) in [6.07, 6.45) is -1.97. The van der Waals surface area contributed by atoms with E-state index in [0.717, 1.165) is 30.9 Å². The number of halogens is 3. The smallest absolute Gasteiger partial charge is 0.491 e. The van der Waals surface area contributed by atoms with Gasteiger partial charge in [-0.25, -0.2) is 9.78 Å². The molecule has 14 heteroatoms. The van der Waals surface area contributed by atoms with E-state index in [4.69, 9.17) is 18.7 Å². The number of aromatic nitrogens is 3. The van der Waals surface area contributed by atoms with Crippen LogP contribution in [0.15, 0.2) is 28.8 Å². The van der Waals surface area contributed by atoms with Crippen LogP contribution in [0.3, 0.4) is 0 Å². The van der Waals surface area contributed by atoms with E-state index in [1.807, 2.05) is 6.07 Å². The Morgan fingerprint density at radius 2 is 1.79 bits per heavy atom. The molecule has 0 fully saturated rings. The lowest BCUT2D eigenvalue weighted by Crippen LogP contribution is -2.28. The summed E-state index contributed by atoms with van der Waals surface area (Å²) in [6, 6.07) is 7.19. The molecule has 3 heterocycles. The van der Waals surface area contributed by atoms with E-state index in [0.29, 0.717) is 30.7 Å². The monoisotopic (exact) mass is 592 g/mol. The third kappa shape index (κ3) is 7.68. The zero-order valence-corrected chi connectivity index (χ0v) is 23.4. The maximum atomic E-state index is 12.7. The van der Waals surface area contributed by atoms with E-state index in [9.17, 15) is 22.8 Å². The lowest BCUT2D eigenvalue weighted by atomic mass is 9.91. The molecule has 0 saturated carbocycles. The van der Waals surface area contributed by atoms with Crippen LogP contribution in [0.2, 0.25) is 0 Å². The van der Waals surface area contributed by atoms with Crippen molar-refractivity contribution in [2.24, 2.45) is 0 Å². The first kappa shape index (κ1) is 30.6. The highest BCUT2D eigenvalue weighted by Gasteiger charge is 2.42. The molecule has 0 amide bonds. The molecule has 11 nitrogen and oxygen atoms in total. The van der Waals surface area contributed by atoms with Gasteiger partial charge in [0.2, 0.25) is 11.6 Å². The Hall–Kier alpha value is -4.36. The Morgan fingerprint density at radius 1 is 1.05 bits per heavy atom. The minimum Gasteiger partial charge on any atom is -0.493 e. The number of hydrogen-bond acceptors (Lipinski definition) is 11. The Kier molecular flexibility index (Phi) is 9.86. The van der Waals surface area contributed by atoms with Gasteiger partial charge >= 0.3 is 18.1 Å². The Balaban J connectivity index is 1.48. The highest BCUT2D eigenvalue weighted by Crippen LogP contribution is 2.41. The number of methoxy groups -OCH3 is 3. The van der Waals surface area contributed by atoms with Crippen LogP contribution in [-0.2, 0) is 40.0 Å². The van der Waals surface area contributed by atoms with Crippen molar-refractivity contribution in [3.05, 3.63) is 52.8 Å². The number of carbonyl (C=O) groups excluding carboxylic acids is 2. The van der Waals surface area contributed by atoms with Crippen LogP contribution in [0.5, 0.6) is 17.2 Å². The third-order valence-corrected chi connectivity index (χ3v) is 6.73. The molecule has 0 saturated heterocycles. The van der Waals surface area contributed by atoms with E-state index < -0.39 is 30.5 Å². The summed E-state index contributed by atoms with van der Waals surface area (Å²) in [5.41, 5.74) is 2.58. The lowest BCUT2D eigenvalue weighted by Gasteiger charge is -2.19. The van der Waals surface area contributed by atoms with Crippen LogP contribution in [0.1, 0.15) is 53.7 Å². The van der Waals surface area contributed by atoms with Crippen molar-refractivity contribution in [3.8, 4) is 17.2 Å². The van der Waals surface area contributed by atoms with Gasteiger partial charge in [-0.05, 0) is 55.0 Å². The SMILES string of the molecule is COc1cc(C(CC(=O)OC(=O)C(F)(F)F)Cc2nc(CCCc3ccc4c(n3)NCCC4)no2)cc(OC)c1OC. The third-order valence-electron chi connectivity index (χ3n) is 6.73. The van der Waals surface area contributed by atoms with Crippen LogP contribution in [0, 0.1) is 0 Å². The van der Waals surface area contributed by atoms with Crippen LogP contribution in [0.4, 0.5) is 19.0 Å². The Morgan fingerprint density at radius 3 is 2.45 bits per heavy atom. The number of nitrogens with zero attached hydrogens (tertiary/aromatic N) is 3. The molecule has 3 aromatic rings. The number of anilines is 1. The fraction of sp³-hybridized carbons (Fsp3) is 0.464. The summed E-state index contributed by atoms with van der Waals surface area (Å²) in [5.74, 6) is -2.51. The van der Waals surface area contributed by atoms with Crippen molar-refractivity contribution in [2.75, 3.05) is 33.2 Å². The number of rotatable bonds is 12. The fourth-order valence-electron chi connectivity index (χ4n) is 4.67. The first-order valence-corrected chi connectivity index (χ1v) is 13.3. The van der Waals surface area contributed by atoms with Gasteiger partial charge < -0.3 is 28.8 Å². The molecular weight excluding hydrogens is 561 g/mol. The van der Waals surface area contributed by atoms with Crippen molar-refractivity contribution in [3.63, 3.8) is 0 Å². The molecule has 1 unspecified atom stereocenters. The van der Waals surface area contributed by atoms with Gasteiger partial charge in [0.05, 0.1) is 27.8 Å². The molecule has 1 aliphatic heterocycles. The van der Waals surface area contributed by atoms with Gasteiger partial charge in [0.25, 0.3) is 0 Å². The standard InChI is InChI=1S/C28H31F3N4O7/c1-38-20-12-17(13-21(39-2)25(20)40-3)18(15-24(36)41-27(37)28(29,30)31)14-23-34-22(35-42-23)8-4-7-19-10-9-16-6-5-11-32-26(16)33-19/h9-10,12-13,18H,4-8,11,14-15H2,1-3H3,(H,32,33). The first-order valence-electron chi connectivity index (χ1n) is 13.3. The van der Waals surface area contributed by atoms with Crippen LogP contribution >= 0.6 is 0 Å². The van der Waals surface area contributed by atoms with Crippen LogP contribution in [0.25, 0.3) is 0 Å². The summed E-state index contributed by atoms with van der Waals surface area (Å²) in [6.45, 7) is 0.905. The quantitative estimate of drug-likeness (QED) is 0.237. The average Bonchev–Trinajstić information content (AvgIpc) is 3.42. The van der Waals surface area contributed by atoms with Crippen LogP contribution in [-0.4, -0.2) is 61.1 Å². The molecule has 226 valence electrons. The zero-order chi connectivity index (χ0) is 30.3. The summed E-state index contributed by atoms with van der Waals surface area (Å²) >= 11 is 0.